The molecule has 4 aromatic rings. The lowest BCUT2D eigenvalue weighted by molar-refractivity contribution is -0.685. The molecule has 5 rings (SSSR count). The molecule has 0 bridgehead atoms. The summed E-state index contributed by atoms with van der Waals surface area (Å²) in [6.07, 6.45) is 4.24. The second-order valence-corrected chi connectivity index (χ2v) is 11.5. The number of rotatable bonds is 4. The van der Waals surface area contributed by atoms with Crippen molar-refractivity contribution in [2.75, 3.05) is 11.9 Å². The molecular formula is C25H23ClN3OS3+. The monoisotopic (exact) mass is 512 g/mol. The predicted molar refractivity (Wildman–Crippen MR) is 141 cm³/mol. The number of anilines is 1. The minimum atomic E-state index is 0.0469. The van der Waals surface area contributed by atoms with Crippen molar-refractivity contribution in [2.45, 2.75) is 31.3 Å². The SMILES string of the molecule is CC(C)n1c(=Cc2scc[n+]2Cc2ccccc2)sc(=C2Sc3cccc(Cl)c3N2C)c1=O. The molecule has 8 heteroatoms. The number of fused-ring (bicyclic) bond motifs is 1. The van der Waals surface area contributed by atoms with Crippen LogP contribution in [0.15, 0.2) is 69.8 Å². The molecule has 0 radical (unpaired) electrons. The van der Waals surface area contributed by atoms with E-state index in [-0.39, 0.29) is 11.6 Å². The van der Waals surface area contributed by atoms with Gasteiger partial charge < -0.3 is 4.90 Å². The number of para-hydroxylation sites is 1. The summed E-state index contributed by atoms with van der Waals surface area (Å²) >= 11 is 11.3. The number of aromatic nitrogens is 2. The quantitative estimate of drug-likeness (QED) is 0.372. The zero-order valence-corrected chi connectivity index (χ0v) is 21.7. The number of hydrogen-bond donors (Lipinski definition) is 0. The molecule has 0 N–H and O–H groups in total. The Morgan fingerprint density at radius 2 is 1.91 bits per heavy atom. The molecule has 2 aromatic carbocycles. The second-order valence-electron chi connectivity index (χ2n) is 8.09. The van der Waals surface area contributed by atoms with Crippen molar-refractivity contribution in [3.05, 3.63) is 95.3 Å². The lowest BCUT2D eigenvalue weighted by Gasteiger charge is -2.13. The summed E-state index contributed by atoms with van der Waals surface area (Å²) in [6, 6.07) is 16.4. The van der Waals surface area contributed by atoms with Gasteiger partial charge in [0.05, 0.1) is 22.2 Å². The molecule has 0 atom stereocenters. The van der Waals surface area contributed by atoms with Crippen LogP contribution in [0.1, 0.15) is 30.5 Å². The average molecular weight is 513 g/mol. The van der Waals surface area contributed by atoms with Crippen molar-refractivity contribution in [1.82, 2.24) is 4.57 Å². The fourth-order valence-electron chi connectivity index (χ4n) is 3.95. The van der Waals surface area contributed by atoms with Gasteiger partial charge in [0.15, 0.2) is 12.7 Å². The van der Waals surface area contributed by atoms with Gasteiger partial charge >= 0.3 is 0 Å². The Kier molecular flexibility index (Phi) is 6.22. The highest BCUT2D eigenvalue weighted by Gasteiger charge is 2.27. The van der Waals surface area contributed by atoms with Gasteiger partial charge in [-0.15, -0.1) is 11.3 Å². The van der Waals surface area contributed by atoms with Crippen molar-refractivity contribution < 1.29 is 4.57 Å². The van der Waals surface area contributed by atoms with Gasteiger partial charge in [-0.2, -0.15) is 4.57 Å². The summed E-state index contributed by atoms with van der Waals surface area (Å²) < 4.78 is 5.84. The standard InChI is InChI=1S/C25H23ClN3OS3/c1-16(2)29-21(14-20-28(12-13-31-20)15-17-8-5-4-6-9-17)33-23(24(29)30)25-27(3)22-18(26)10-7-11-19(22)32-25/h4-14,16H,15H2,1-3H3/q+1. The molecule has 0 fully saturated rings. The third-order valence-electron chi connectivity index (χ3n) is 5.52. The minimum Gasteiger partial charge on any atom is -0.336 e. The van der Waals surface area contributed by atoms with Gasteiger partial charge in [-0.1, -0.05) is 71.1 Å². The van der Waals surface area contributed by atoms with Crippen LogP contribution in [0.4, 0.5) is 5.69 Å². The first kappa shape index (κ1) is 22.5. The van der Waals surface area contributed by atoms with Crippen LogP contribution in [-0.4, -0.2) is 11.6 Å². The van der Waals surface area contributed by atoms with Crippen LogP contribution in [0.25, 0.3) is 11.1 Å². The highest BCUT2D eigenvalue weighted by atomic mass is 35.5. The zero-order chi connectivity index (χ0) is 23.1. The summed E-state index contributed by atoms with van der Waals surface area (Å²) in [7, 11) is 1.98. The van der Waals surface area contributed by atoms with Crippen LogP contribution in [0, 0.1) is 0 Å². The molecule has 0 amide bonds. The van der Waals surface area contributed by atoms with Gasteiger partial charge in [-0.3, -0.25) is 9.36 Å². The molecule has 4 nitrogen and oxygen atoms in total. The summed E-state index contributed by atoms with van der Waals surface area (Å²) in [4.78, 5) is 16.7. The van der Waals surface area contributed by atoms with Crippen molar-refractivity contribution >= 4 is 62.8 Å². The highest BCUT2D eigenvalue weighted by molar-refractivity contribution is 8.08. The van der Waals surface area contributed by atoms with Crippen molar-refractivity contribution in [1.29, 1.82) is 0 Å². The van der Waals surface area contributed by atoms with E-state index in [0.717, 1.165) is 36.4 Å². The van der Waals surface area contributed by atoms with Gasteiger partial charge in [0, 0.05) is 23.5 Å². The number of nitrogens with zero attached hydrogens (tertiary/aromatic N) is 3. The maximum absolute atomic E-state index is 13.6. The number of halogens is 1. The maximum Gasteiger partial charge on any atom is 0.271 e. The van der Waals surface area contributed by atoms with Gasteiger partial charge in [0.1, 0.15) is 14.2 Å². The highest BCUT2D eigenvalue weighted by Crippen LogP contribution is 2.48. The van der Waals surface area contributed by atoms with Crippen LogP contribution in [0.5, 0.6) is 0 Å². The topological polar surface area (TPSA) is 29.1 Å². The zero-order valence-electron chi connectivity index (χ0n) is 18.5. The molecule has 168 valence electrons. The lowest BCUT2D eigenvalue weighted by atomic mass is 10.2. The van der Waals surface area contributed by atoms with Crippen LogP contribution < -0.4 is 24.2 Å². The Morgan fingerprint density at radius 1 is 1.12 bits per heavy atom. The molecule has 1 aliphatic heterocycles. The van der Waals surface area contributed by atoms with Crippen LogP contribution >= 0.6 is 46.0 Å². The molecule has 33 heavy (non-hydrogen) atoms. The van der Waals surface area contributed by atoms with E-state index in [1.165, 1.54) is 5.56 Å². The molecule has 0 unspecified atom stereocenters. The minimum absolute atomic E-state index is 0.0469. The van der Waals surface area contributed by atoms with E-state index in [4.69, 9.17) is 11.6 Å². The first-order valence-electron chi connectivity index (χ1n) is 10.6. The third kappa shape index (κ3) is 4.19. The van der Waals surface area contributed by atoms with Crippen molar-refractivity contribution in [3.63, 3.8) is 0 Å². The molecule has 1 aliphatic rings. The van der Waals surface area contributed by atoms with E-state index < -0.39 is 0 Å². The summed E-state index contributed by atoms with van der Waals surface area (Å²) in [5.74, 6) is 0. The summed E-state index contributed by atoms with van der Waals surface area (Å²) in [5, 5.41) is 4.84. The maximum atomic E-state index is 13.6. The number of benzene rings is 2. The van der Waals surface area contributed by atoms with Gasteiger partial charge in [-0.25, -0.2) is 0 Å². The number of thiazole rings is 2. The number of thioether (sulfide) groups is 1. The largest absolute Gasteiger partial charge is 0.336 e. The van der Waals surface area contributed by atoms with E-state index >= 15 is 0 Å². The Hall–Kier alpha value is -2.32. The van der Waals surface area contributed by atoms with E-state index in [2.05, 4.69) is 66.4 Å². The number of hydrogen-bond acceptors (Lipinski definition) is 5. The van der Waals surface area contributed by atoms with Gasteiger partial charge in [0.25, 0.3) is 10.6 Å². The summed E-state index contributed by atoms with van der Waals surface area (Å²) in [6.45, 7) is 4.91. The van der Waals surface area contributed by atoms with Crippen LogP contribution in [0.2, 0.25) is 5.02 Å². The van der Waals surface area contributed by atoms with E-state index in [1.807, 2.05) is 34.7 Å². The smallest absolute Gasteiger partial charge is 0.271 e. The first-order chi connectivity index (χ1) is 15.9. The Bertz CT molecular complexity index is 1500. The second kappa shape index (κ2) is 9.14. The van der Waals surface area contributed by atoms with E-state index in [9.17, 15) is 4.79 Å². The predicted octanol–water partition coefficient (Wildman–Crippen LogP) is 4.68. The molecule has 2 aromatic heterocycles. The fraction of sp³-hybridized carbons (Fsp3) is 0.200. The summed E-state index contributed by atoms with van der Waals surface area (Å²) in [5.41, 5.74) is 2.26. The molecule has 0 aliphatic carbocycles. The Balaban J connectivity index is 1.65. The van der Waals surface area contributed by atoms with E-state index in [0.29, 0.717) is 5.02 Å². The third-order valence-corrected chi connectivity index (χ3v) is 9.12. The first-order valence-corrected chi connectivity index (χ1v) is 13.5. The van der Waals surface area contributed by atoms with Gasteiger partial charge in [-0.05, 0) is 26.0 Å². The molecule has 0 spiro atoms. The van der Waals surface area contributed by atoms with Gasteiger partial charge in [0.2, 0.25) is 0 Å². The molecular weight excluding hydrogens is 490 g/mol. The van der Waals surface area contributed by atoms with Crippen molar-refractivity contribution in [3.8, 4) is 0 Å². The van der Waals surface area contributed by atoms with Crippen molar-refractivity contribution in [2.24, 2.45) is 0 Å². The Labute approximate surface area is 209 Å². The van der Waals surface area contributed by atoms with Crippen LogP contribution in [-0.2, 0) is 6.54 Å². The molecule has 0 saturated heterocycles. The molecule has 3 heterocycles. The normalized spacial score (nSPS) is 15.5. The Morgan fingerprint density at radius 3 is 2.64 bits per heavy atom. The average Bonchev–Trinajstić information content (AvgIpc) is 3.46. The lowest BCUT2D eigenvalue weighted by Crippen LogP contribution is -2.37. The van der Waals surface area contributed by atoms with Crippen LogP contribution in [0.3, 0.4) is 0 Å². The van der Waals surface area contributed by atoms with E-state index in [1.54, 1.807) is 34.4 Å². The fourth-order valence-corrected chi connectivity index (χ4v) is 7.71. The molecule has 0 saturated carbocycles.